The van der Waals surface area contributed by atoms with E-state index in [9.17, 15) is 0 Å². The normalized spacial score (nSPS) is 13.4. The highest BCUT2D eigenvalue weighted by Gasteiger charge is 2.39. The summed E-state index contributed by atoms with van der Waals surface area (Å²) in [6.45, 7) is 14.0. The lowest BCUT2D eigenvalue weighted by molar-refractivity contribution is 0.112. The van der Waals surface area contributed by atoms with E-state index in [0.717, 1.165) is 34.5 Å². The van der Waals surface area contributed by atoms with Crippen molar-refractivity contribution in [1.29, 1.82) is 0 Å². The zero-order valence-electron chi connectivity index (χ0n) is 19.2. The number of ether oxygens (including phenoxy) is 1. The minimum absolute atomic E-state index is 0.0835. The lowest BCUT2D eigenvalue weighted by Gasteiger charge is -2.39. The van der Waals surface area contributed by atoms with E-state index in [1.807, 2.05) is 49.5 Å². The van der Waals surface area contributed by atoms with Crippen LogP contribution in [0.3, 0.4) is 0 Å². The van der Waals surface area contributed by atoms with Crippen LogP contribution in [0.5, 0.6) is 5.75 Å². The molecule has 1 N–H and O–H groups in total. The standard InChI is InChI=1S/C24H34N2O3Si/c1-8-19(29-30(6,7)24(2,3)4)16-27-20-13-14-22-21(15-20)26-23(28-22)17-9-11-18(25-5)12-10-17/h9-15,19,25H,8,16H2,1-7H3/t19-/m1/s1. The Morgan fingerprint density at radius 1 is 1.10 bits per heavy atom. The fourth-order valence-electron chi connectivity index (χ4n) is 2.92. The minimum Gasteiger partial charge on any atom is -0.491 e. The van der Waals surface area contributed by atoms with Crippen LogP contribution in [0.4, 0.5) is 5.69 Å². The first kappa shape index (κ1) is 22.4. The SMILES string of the molecule is CC[C@H](COc1ccc2oc(-c3ccc(NC)cc3)nc2c1)O[Si](C)(C)C(C)(C)C. The molecule has 3 aromatic rings. The molecular formula is C24H34N2O3Si. The molecule has 1 heterocycles. The molecule has 162 valence electrons. The van der Waals surface area contributed by atoms with Gasteiger partial charge in [-0.25, -0.2) is 4.98 Å². The zero-order valence-corrected chi connectivity index (χ0v) is 20.2. The van der Waals surface area contributed by atoms with Crippen molar-refractivity contribution in [3.63, 3.8) is 0 Å². The summed E-state index contributed by atoms with van der Waals surface area (Å²) >= 11 is 0. The van der Waals surface area contributed by atoms with Gasteiger partial charge in [-0.05, 0) is 61.0 Å². The molecule has 0 saturated carbocycles. The van der Waals surface area contributed by atoms with Gasteiger partial charge in [-0.3, -0.25) is 0 Å². The lowest BCUT2D eigenvalue weighted by Crippen LogP contribution is -2.45. The Morgan fingerprint density at radius 2 is 1.80 bits per heavy atom. The van der Waals surface area contributed by atoms with Gasteiger partial charge in [-0.1, -0.05) is 27.7 Å². The maximum absolute atomic E-state index is 6.52. The van der Waals surface area contributed by atoms with E-state index in [1.54, 1.807) is 0 Å². The van der Waals surface area contributed by atoms with Gasteiger partial charge in [0.1, 0.15) is 17.9 Å². The second kappa shape index (κ2) is 8.82. The highest BCUT2D eigenvalue weighted by molar-refractivity contribution is 6.74. The minimum atomic E-state index is -1.82. The number of rotatable bonds is 8. The molecule has 30 heavy (non-hydrogen) atoms. The molecule has 0 unspecified atom stereocenters. The van der Waals surface area contributed by atoms with Gasteiger partial charge in [-0.15, -0.1) is 0 Å². The number of fused-ring (bicyclic) bond motifs is 1. The van der Waals surface area contributed by atoms with Crippen molar-refractivity contribution in [3.8, 4) is 17.2 Å². The maximum atomic E-state index is 6.52. The Bertz CT molecular complexity index is 974. The van der Waals surface area contributed by atoms with Crippen LogP contribution >= 0.6 is 0 Å². The molecular weight excluding hydrogens is 392 g/mol. The molecule has 0 aliphatic carbocycles. The largest absolute Gasteiger partial charge is 0.491 e. The van der Waals surface area contributed by atoms with Crippen molar-refractivity contribution >= 4 is 25.1 Å². The van der Waals surface area contributed by atoms with Gasteiger partial charge < -0.3 is 18.9 Å². The number of hydrogen-bond donors (Lipinski definition) is 1. The molecule has 5 nitrogen and oxygen atoms in total. The van der Waals surface area contributed by atoms with Crippen molar-refractivity contribution < 1.29 is 13.6 Å². The molecule has 0 spiro atoms. The van der Waals surface area contributed by atoms with Crippen molar-refractivity contribution in [2.45, 2.75) is 58.4 Å². The first-order chi connectivity index (χ1) is 14.1. The number of nitrogens with one attached hydrogen (secondary N) is 1. The Labute approximate surface area is 180 Å². The third-order valence-electron chi connectivity index (χ3n) is 5.94. The summed E-state index contributed by atoms with van der Waals surface area (Å²) in [6.07, 6.45) is 1.01. The van der Waals surface area contributed by atoms with E-state index in [-0.39, 0.29) is 11.1 Å². The van der Waals surface area contributed by atoms with Gasteiger partial charge in [0, 0.05) is 24.4 Å². The number of aromatic nitrogens is 1. The van der Waals surface area contributed by atoms with E-state index in [2.05, 4.69) is 51.1 Å². The van der Waals surface area contributed by atoms with Crippen LogP contribution in [-0.2, 0) is 4.43 Å². The molecule has 1 atom stereocenters. The Balaban J connectivity index is 1.70. The van der Waals surface area contributed by atoms with Gasteiger partial charge in [0.05, 0.1) is 6.10 Å². The van der Waals surface area contributed by atoms with Crippen molar-refractivity contribution in [3.05, 3.63) is 42.5 Å². The molecule has 3 rings (SSSR count). The van der Waals surface area contributed by atoms with E-state index < -0.39 is 8.32 Å². The fraction of sp³-hybridized carbons (Fsp3) is 0.458. The number of benzene rings is 2. The topological polar surface area (TPSA) is 56.5 Å². The van der Waals surface area contributed by atoms with Crippen LogP contribution < -0.4 is 10.1 Å². The molecule has 6 heteroatoms. The third kappa shape index (κ3) is 5.05. The third-order valence-corrected chi connectivity index (χ3v) is 10.5. The molecule has 1 aromatic heterocycles. The van der Waals surface area contributed by atoms with Crippen LogP contribution in [0, 0.1) is 0 Å². The summed E-state index contributed by atoms with van der Waals surface area (Å²) in [5.41, 5.74) is 3.54. The monoisotopic (exact) mass is 426 g/mol. The summed E-state index contributed by atoms with van der Waals surface area (Å²) in [7, 11) is 0.0755. The second-order valence-electron chi connectivity index (χ2n) is 9.20. The van der Waals surface area contributed by atoms with Gasteiger partial charge in [0.15, 0.2) is 13.9 Å². The molecule has 0 aliphatic rings. The summed E-state index contributed by atoms with van der Waals surface area (Å²) < 4.78 is 18.5. The highest BCUT2D eigenvalue weighted by atomic mass is 28.4. The first-order valence-electron chi connectivity index (χ1n) is 10.6. The number of oxazole rings is 1. The fourth-order valence-corrected chi connectivity index (χ4v) is 4.34. The number of nitrogens with zero attached hydrogens (tertiary/aromatic N) is 1. The summed E-state index contributed by atoms with van der Waals surface area (Å²) in [6, 6.07) is 13.8. The predicted octanol–water partition coefficient (Wildman–Crippen LogP) is 6.72. The zero-order chi connectivity index (χ0) is 21.9. The summed E-state index contributed by atoms with van der Waals surface area (Å²) in [5, 5.41) is 3.30. The average Bonchev–Trinajstić information content (AvgIpc) is 3.13. The van der Waals surface area contributed by atoms with E-state index in [4.69, 9.17) is 13.6 Å². The lowest BCUT2D eigenvalue weighted by atomic mass is 10.2. The molecule has 0 bridgehead atoms. The summed E-state index contributed by atoms with van der Waals surface area (Å²) in [5.74, 6) is 1.39. The van der Waals surface area contributed by atoms with E-state index >= 15 is 0 Å². The van der Waals surface area contributed by atoms with Gasteiger partial charge in [0.2, 0.25) is 5.89 Å². The number of anilines is 1. The van der Waals surface area contributed by atoms with Gasteiger partial charge >= 0.3 is 0 Å². The average molecular weight is 427 g/mol. The van der Waals surface area contributed by atoms with Crippen molar-refractivity contribution in [2.75, 3.05) is 19.0 Å². The van der Waals surface area contributed by atoms with Crippen LogP contribution in [0.2, 0.25) is 18.1 Å². The Morgan fingerprint density at radius 3 is 2.40 bits per heavy atom. The van der Waals surface area contributed by atoms with Crippen molar-refractivity contribution in [1.82, 2.24) is 4.98 Å². The van der Waals surface area contributed by atoms with E-state index in [0.29, 0.717) is 12.5 Å². The Hall–Kier alpha value is -2.31. The van der Waals surface area contributed by atoms with Crippen LogP contribution in [-0.4, -0.2) is 33.1 Å². The molecule has 0 radical (unpaired) electrons. The maximum Gasteiger partial charge on any atom is 0.227 e. The molecule has 2 aromatic carbocycles. The number of hydrogen-bond acceptors (Lipinski definition) is 5. The quantitative estimate of drug-likeness (QED) is 0.405. The second-order valence-corrected chi connectivity index (χ2v) is 14.0. The molecule has 0 fully saturated rings. The molecule has 0 aliphatic heterocycles. The first-order valence-corrected chi connectivity index (χ1v) is 13.5. The highest BCUT2D eigenvalue weighted by Crippen LogP contribution is 2.37. The van der Waals surface area contributed by atoms with Gasteiger partial charge in [-0.2, -0.15) is 0 Å². The van der Waals surface area contributed by atoms with Crippen LogP contribution in [0.15, 0.2) is 46.9 Å². The van der Waals surface area contributed by atoms with E-state index in [1.165, 1.54) is 0 Å². The van der Waals surface area contributed by atoms with Crippen LogP contribution in [0.1, 0.15) is 34.1 Å². The van der Waals surface area contributed by atoms with Crippen molar-refractivity contribution in [2.24, 2.45) is 0 Å². The summed E-state index contributed by atoms with van der Waals surface area (Å²) in [4.78, 5) is 4.65. The Kier molecular flexibility index (Phi) is 6.58. The predicted molar refractivity (Wildman–Crippen MR) is 127 cm³/mol. The molecule has 0 saturated heterocycles. The van der Waals surface area contributed by atoms with Gasteiger partial charge in [0.25, 0.3) is 0 Å². The smallest absolute Gasteiger partial charge is 0.227 e. The van der Waals surface area contributed by atoms with Crippen LogP contribution in [0.25, 0.3) is 22.6 Å². The molecule has 0 amide bonds.